The summed E-state index contributed by atoms with van der Waals surface area (Å²) in [6.07, 6.45) is 0. The second-order valence-corrected chi connectivity index (χ2v) is 5.83. The number of rotatable bonds is 4. The van der Waals surface area contributed by atoms with E-state index in [1.807, 2.05) is 32.7 Å². The number of carboxylic acids is 1. The highest BCUT2D eigenvalue weighted by Gasteiger charge is 2.35. The van der Waals surface area contributed by atoms with E-state index in [-0.39, 0.29) is 24.3 Å². The molecular weight excluding hydrogens is 272 g/mol. The molecule has 0 radical (unpaired) electrons. The monoisotopic (exact) mass is 294 g/mol. The third-order valence-electron chi connectivity index (χ3n) is 4.15. The number of carbonyl (C=O) groups is 2. The fraction of sp³-hybridized carbons (Fsp3) is 0.643. The molecule has 0 spiro atoms. The minimum absolute atomic E-state index is 0.0668. The van der Waals surface area contributed by atoms with Gasteiger partial charge in [0.25, 0.3) is 0 Å². The Hall–Kier alpha value is -1.89. The highest BCUT2D eigenvalue weighted by molar-refractivity contribution is 5.93. The number of hydrogen-bond donors (Lipinski definition) is 2. The number of aryl methyl sites for hydroxylation is 2. The van der Waals surface area contributed by atoms with E-state index in [1.54, 1.807) is 4.68 Å². The van der Waals surface area contributed by atoms with Crippen molar-refractivity contribution in [2.24, 2.45) is 18.9 Å². The number of aromatic nitrogens is 2. The molecule has 0 aromatic carbocycles. The van der Waals surface area contributed by atoms with Crippen molar-refractivity contribution in [1.82, 2.24) is 14.7 Å². The Labute approximate surface area is 123 Å². The molecule has 116 valence electrons. The lowest BCUT2D eigenvalue weighted by Crippen LogP contribution is -2.32. The summed E-state index contributed by atoms with van der Waals surface area (Å²) in [5.41, 5.74) is 2.42. The van der Waals surface area contributed by atoms with Crippen LogP contribution in [0.3, 0.4) is 0 Å². The van der Waals surface area contributed by atoms with Crippen molar-refractivity contribution in [1.29, 1.82) is 0 Å². The first-order chi connectivity index (χ1) is 9.79. The van der Waals surface area contributed by atoms with Crippen LogP contribution in [0.25, 0.3) is 0 Å². The second-order valence-electron chi connectivity index (χ2n) is 5.83. The van der Waals surface area contributed by atoms with Crippen LogP contribution in [0.4, 0.5) is 5.69 Å². The van der Waals surface area contributed by atoms with Gasteiger partial charge in [-0.1, -0.05) is 6.92 Å². The summed E-state index contributed by atoms with van der Waals surface area (Å²) in [7, 11) is 1.83. The van der Waals surface area contributed by atoms with E-state index >= 15 is 0 Å². The lowest BCUT2D eigenvalue weighted by molar-refractivity contribution is -0.142. The second kappa shape index (κ2) is 5.85. The molecule has 7 heteroatoms. The summed E-state index contributed by atoms with van der Waals surface area (Å²) in [4.78, 5) is 25.1. The van der Waals surface area contributed by atoms with E-state index in [0.717, 1.165) is 17.1 Å². The molecule has 0 bridgehead atoms. The zero-order valence-electron chi connectivity index (χ0n) is 12.9. The molecule has 2 heterocycles. The molecule has 1 aromatic heterocycles. The third kappa shape index (κ3) is 3.24. The average molecular weight is 294 g/mol. The zero-order chi connectivity index (χ0) is 15.7. The lowest BCUT2D eigenvalue weighted by Gasteiger charge is -2.15. The molecule has 0 saturated carbocycles. The van der Waals surface area contributed by atoms with Crippen molar-refractivity contribution in [3.05, 3.63) is 11.4 Å². The van der Waals surface area contributed by atoms with Crippen LogP contribution in [0.15, 0.2) is 0 Å². The Kier molecular flexibility index (Phi) is 4.32. The first kappa shape index (κ1) is 15.5. The first-order valence-electron chi connectivity index (χ1n) is 7.04. The maximum atomic E-state index is 12.1. The molecule has 0 aliphatic carbocycles. The fourth-order valence-corrected chi connectivity index (χ4v) is 2.85. The Morgan fingerprint density at radius 1 is 1.38 bits per heavy atom. The molecule has 0 unspecified atom stereocenters. The smallest absolute Gasteiger partial charge is 0.308 e. The van der Waals surface area contributed by atoms with E-state index in [2.05, 4.69) is 10.4 Å². The van der Waals surface area contributed by atoms with Gasteiger partial charge in [-0.15, -0.1) is 0 Å². The first-order valence-corrected chi connectivity index (χ1v) is 7.04. The number of carbonyl (C=O) groups excluding carboxylic acids is 1. The minimum Gasteiger partial charge on any atom is -0.481 e. The van der Waals surface area contributed by atoms with Gasteiger partial charge in [0.2, 0.25) is 5.91 Å². The fourth-order valence-electron chi connectivity index (χ4n) is 2.85. The average Bonchev–Trinajstić information content (AvgIpc) is 2.85. The molecule has 2 N–H and O–H groups in total. The van der Waals surface area contributed by atoms with Crippen LogP contribution in [-0.2, 0) is 16.6 Å². The van der Waals surface area contributed by atoms with Crippen molar-refractivity contribution in [2.45, 2.75) is 20.8 Å². The predicted octanol–water partition coefficient (Wildman–Crippen LogP) is 0.628. The summed E-state index contributed by atoms with van der Waals surface area (Å²) >= 11 is 0. The molecule has 7 nitrogen and oxygen atoms in total. The molecule has 1 aliphatic heterocycles. The SMILES string of the molecule is Cc1nn(C)c(C)c1NC(=O)CN1C[C@@H](C)[C@H](C(=O)O)C1. The Bertz CT molecular complexity index is 567. The van der Waals surface area contributed by atoms with Crippen molar-refractivity contribution in [3.8, 4) is 0 Å². The van der Waals surface area contributed by atoms with Gasteiger partial charge in [0.15, 0.2) is 0 Å². The van der Waals surface area contributed by atoms with Crippen LogP contribution in [0, 0.1) is 25.7 Å². The Balaban J connectivity index is 1.95. The Morgan fingerprint density at radius 3 is 2.52 bits per heavy atom. The van der Waals surface area contributed by atoms with Gasteiger partial charge >= 0.3 is 5.97 Å². The molecule has 1 saturated heterocycles. The van der Waals surface area contributed by atoms with Gasteiger partial charge < -0.3 is 10.4 Å². The normalized spacial score (nSPS) is 22.5. The van der Waals surface area contributed by atoms with Crippen molar-refractivity contribution >= 4 is 17.6 Å². The topological polar surface area (TPSA) is 87.5 Å². The number of anilines is 1. The maximum Gasteiger partial charge on any atom is 0.308 e. The number of hydrogen-bond acceptors (Lipinski definition) is 4. The summed E-state index contributed by atoms with van der Waals surface area (Å²) < 4.78 is 1.73. The van der Waals surface area contributed by atoms with Crippen LogP contribution in [0.2, 0.25) is 0 Å². The van der Waals surface area contributed by atoms with Crippen LogP contribution >= 0.6 is 0 Å². The quantitative estimate of drug-likeness (QED) is 0.850. The van der Waals surface area contributed by atoms with Crippen molar-refractivity contribution in [2.75, 3.05) is 25.0 Å². The molecule has 1 aliphatic rings. The van der Waals surface area contributed by atoms with Gasteiger partial charge in [-0.25, -0.2) is 0 Å². The zero-order valence-corrected chi connectivity index (χ0v) is 12.9. The van der Waals surface area contributed by atoms with E-state index in [0.29, 0.717) is 13.1 Å². The van der Waals surface area contributed by atoms with Crippen LogP contribution in [0.1, 0.15) is 18.3 Å². The number of aliphatic carboxylic acids is 1. The molecule has 21 heavy (non-hydrogen) atoms. The highest BCUT2D eigenvalue weighted by atomic mass is 16.4. The van der Waals surface area contributed by atoms with Crippen LogP contribution in [0.5, 0.6) is 0 Å². The van der Waals surface area contributed by atoms with Gasteiger partial charge in [-0.3, -0.25) is 19.2 Å². The standard InChI is InChI=1S/C14H22N4O3/c1-8-5-18(6-11(8)14(20)21)7-12(19)15-13-9(2)16-17(4)10(13)3/h8,11H,5-7H2,1-4H3,(H,15,19)(H,20,21)/t8-,11-/m1/s1. The Morgan fingerprint density at radius 2 is 2.05 bits per heavy atom. The van der Waals surface area contributed by atoms with E-state index in [4.69, 9.17) is 5.11 Å². The molecule has 2 atom stereocenters. The molecule has 1 aromatic rings. The van der Waals surface area contributed by atoms with Crippen molar-refractivity contribution in [3.63, 3.8) is 0 Å². The molecule has 2 rings (SSSR count). The van der Waals surface area contributed by atoms with Crippen LogP contribution in [-0.4, -0.2) is 51.3 Å². The van der Waals surface area contributed by atoms with Gasteiger partial charge in [0, 0.05) is 20.1 Å². The van der Waals surface area contributed by atoms with E-state index in [9.17, 15) is 9.59 Å². The van der Waals surface area contributed by atoms with Gasteiger partial charge in [0.05, 0.1) is 29.5 Å². The number of likely N-dealkylation sites (tertiary alicyclic amines) is 1. The highest BCUT2D eigenvalue weighted by Crippen LogP contribution is 2.23. The third-order valence-corrected chi connectivity index (χ3v) is 4.15. The van der Waals surface area contributed by atoms with Gasteiger partial charge in [-0.2, -0.15) is 5.10 Å². The number of nitrogens with zero attached hydrogens (tertiary/aromatic N) is 3. The minimum atomic E-state index is -0.788. The van der Waals surface area contributed by atoms with E-state index in [1.165, 1.54) is 0 Å². The number of amides is 1. The van der Waals surface area contributed by atoms with E-state index < -0.39 is 5.97 Å². The lowest BCUT2D eigenvalue weighted by atomic mass is 9.99. The largest absolute Gasteiger partial charge is 0.481 e. The molecule has 1 amide bonds. The number of nitrogens with one attached hydrogen (secondary N) is 1. The summed E-state index contributed by atoms with van der Waals surface area (Å²) in [6.45, 7) is 6.92. The summed E-state index contributed by atoms with van der Waals surface area (Å²) in [6, 6.07) is 0. The van der Waals surface area contributed by atoms with Gasteiger partial charge in [-0.05, 0) is 19.8 Å². The molecule has 1 fully saturated rings. The van der Waals surface area contributed by atoms with Crippen molar-refractivity contribution < 1.29 is 14.7 Å². The summed E-state index contributed by atoms with van der Waals surface area (Å²) in [5, 5.41) is 16.2. The summed E-state index contributed by atoms with van der Waals surface area (Å²) in [5.74, 6) is -1.24. The number of carboxylic acid groups (broad SMARTS) is 1. The maximum absolute atomic E-state index is 12.1. The van der Waals surface area contributed by atoms with Gasteiger partial charge in [0.1, 0.15) is 0 Å². The molecular formula is C14H22N4O3. The van der Waals surface area contributed by atoms with Crippen LogP contribution < -0.4 is 5.32 Å². The predicted molar refractivity (Wildman–Crippen MR) is 78.0 cm³/mol.